The second kappa shape index (κ2) is 5.98. The third-order valence-corrected chi connectivity index (χ3v) is 4.50. The summed E-state index contributed by atoms with van der Waals surface area (Å²) >= 11 is 13.6. The van der Waals surface area contributed by atoms with Crippen LogP contribution in [0.15, 0.2) is 46.2 Å². The van der Waals surface area contributed by atoms with Crippen LogP contribution in [-0.4, -0.2) is 0 Å². The Hall–Kier alpha value is -0.670. The number of benzene rings is 2. The molecule has 94 valence electrons. The van der Waals surface area contributed by atoms with E-state index in [0.717, 1.165) is 10.5 Å². The van der Waals surface area contributed by atoms with E-state index in [0.29, 0.717) is 16.6 Å². The molecule has 2 aromatic carbocycles. The molecule has 0 spiro atoms. The van der Waals surface area contributed by atoms with Crippen LogP contribution in [0, 0.1) is 6.92 Å². The van der Waals surface area contributed by atoms with E-state index in [-0.39, 0.29) is 0 Å². The van der Waals surface area contributed by atoms with Crippen molar-refractivity contribution >= 4 is 35.0 Å². The zero-order valence-electron chi connectivity index (χ0n) is 9.91. The lowest BCUT2D eigenvalue weighted by atomic mass is 10.1. The van der Waals surface area contributed by atoms with E-state index in [1.165, 1.54) is 10.5 Å². The van der Waals surface area contributed by atoms with Gasteiger partial charge in [0.25, 0.3) is 0 Å². The maximum Gasteiger partial charge on any atom is 0.0603 e. The number of nitrogens with two attached hydrogens (primary N) is 1. The number of halogens is 2. The first-order valence-corrected chi connectivity index (χ1v) is 7.10. The first-order valence-electron chi connectivity index (χ1n) is 5.52. The van der Waals surface area contributed by atoms with Crippen molar-refractivity contribution in [2.75, 3.05) is 0 Å². The Kier molecular flexibility index (Phi) is 4.57. The van der Waals surface area contributed by atoms with E-state index in [9.17, 15) is 0 Å². The highest BCUT2D eigenvalue weighted by Gasteiger charge is 2.04. The topological polar surface area (TPSA) is 26.0 Å². The Morgan fingerprint density at radius 2 is 1.83 bits per heavy atom. The molecule has 0 fully saturated rings. The van der Waals surface area contributed by atoms with Gasteiger partial charge >= 0.3 is 0 Å². The summed E-state index contributed by atoms with van der Waals surface area (Å²) in [6.07, 6.45) is 0. The standard InChI is InChI=1S/C14H13Cl2NS/c1-9-6-10(8-17)2-5-14(9)18-11-3-4-12(15)13(16)7-11/h2-7H,8,17H2,1H3. The summed E-state index contributed by atoms with van der Waals surface area (Å²) in [5, 5.41) is 1.16. The third-order valence-electron chi connectivity index (χ3n) is 2.59. The highest BCUT2D eigenvalue weighted by Crippen LogP contribution is 2.34. The molecule has 1 nitrogen and oxygen atoms in total. The monoisotopic (exact) mass is 297 g/mol. The van der Waals surface area contributed by atoms with Crippen LogP contribution in [0.25, 0.3) is 0 Å². The average Bonchev–Trinajstić information content (AvgIpc) is 2.36. The second-order valence-corrected chi connectivity index (χ2v) is 5.91. The molecule has 0 atom stereocenters. The van der Waals surface area contributed by atoms with E-state index < -0.39 is 0 Å². The molecule has 0 unspecified atom stereocenters. The fourth-order valence-corrected chi connectivity index (χ4v) is 2.91. The molecule has 0 amide bonds. The summed E-state index contributed by atoms with van der Waals surface area (Å²) in [4.78, 5) is 2.28. The summed E-state index contributed by atoms with van der Waals surface area (Å²) in [5.41, 5.74) is 7.98. The van der Waals surface area contributed by atoms with Gasteiger partial charge in [0.05, 0.1) is 10.0 Å². The molecule has 0 aliphatic heterocycles. The first kappa shape index (κ1) is 13.8. The van der Waals surface area contributed by atoms with Gasteiger partial charge in [-0.25, -0.2) is 0 Å². The zero-order valence-corrected chi connectivity index (χ0v) is 12.2. The molecule has 2 rings (SSSR count). The van der Waals surface area contributed by atoms with Crippen LogP contribution >= 0.6 is 35.0 Å². The van der Waals surface area contributed by atoms with E-state index >= 15 is 0 Å². The van der Waals surface area contributed by atoms with Gasteiger partial charge in [-0.05, 0) is 42.3 Å². The normalized spacial score (nSPS) is 10.7. The van der Waals surface area contributed by atoms with Crippen molar-refractivity contribution in [3.8, 4) is 0 Å². The van der Waals surface area contributed by atoms with Gasteiger partial charge in [0.15, 0.2) is 0 Å². The molecule has 0 radical (unpaired) electrons. The molecule has 0 aliphatic carbocycles. The zero-order chi connectivity index (χ0) is 13.1. The van der Waals surface area contributed by atoms with E-state index in [2.05, 4.69) is 19.1 Å². The van der Waals surface area contributed by atoms with Gasteiger partial charge in [0.1, 0.15) is 0 Å². The quantitative estimate of drug-likeness (QED) is 0.871. The summed E-state index contributed by atoms with van der Waals surface area (Å²) in [7, 11) is 0. The lowest BCUT2D eigenvalue weighted by molar-refractivity contribution is 1.06. The van der Waals surface area contributed by atoms with Gasteiger partial charge in [-0.15, -0.1) is 0 Å². The Labute approximate surface area is 121 Å². The van der Waals surface area contributed by atoms with Crippen LogP contribution < -0.4 is 5.73 Å². The third kappa shape index (κ3) is 3.21. The fraction of sp³-hybridized carbons (Fsp3) is 0.143. The van der Waals surface area contributed by atoms with E-state index in [1.54, 1.807) is 11.8 Å². The minimum atomic E-state index is 0.568. The van der Waals surface area contributed by atoms with Crippen molar-refractivity contribution in [2.45, 2.75) is 23.3 Å². The van der Waals surface area contributed by atoms with Crippen molar-refractivity contribution in [2.24, 2.45) is 5.73 Å². The second-order valence-electron chi connectivity index (χ2n) is 3.98. The molecule has 0 bridgehead atoms. The molecular weight excluding hydrogens is 285 g/mol. The van der Waals surface area contributed by atoms with Crippen molar-refractivity contribution in [1.82, 2.24) is 0 Å². The van der Waals surface area contributed by atoms with Crippen molar-refractivity contribution in [3.05, 3.63) is 57.6 Å². The van der Waals surface area contributed by atoms with Gasteiger partial charge in [-0.1, -0.05) is 47.1 Å². The lowest BCUT2D eigenvalue weighted by Gasteiger charge is -2.08. The van der Waals surface area contributed by atoms with Crippen molar-refractivity contribution in [1.29, 1.82) is 0 Å². The largest absolute Gasteiger partial charge is 0.326 e. The van der Waals surface area contributed by atoms with Crippen molar-refractivity contribution in [3.63, 3.8) is 0 Å². The molecule has 0 aliphatic rings. The van der Waals surface area contributed by atoms with Gasteiger partial charge < -0.3 is 5.73 Å². The summed E-state index contributed by atoms with van der Waals surface area (Å²) in [6.45, 7) is 2.65. The van der Waals surface area contributed by atoms with Crippen LogP contribution in [-0.2, 0) is 6.54 Å². The molecule has 0 saturated carbocycles. The van der Waals surface area contributed by atoms with Gasteiger partial charge in [0, 0.05) is 16.3 Å². The molecule has 4 heteroatoms. The minimum Gasteiger partial charge on any atom is -0.326 e. The number of hydrogen-bond donors (Lipinski definition) is 1. The molecule has 2 aromatic rings. The van der Waals surface area contributed by atoms with Crippen molar-refractivity contribution < 1.29 is 0 Å². The summed E-state index contributed by atoms with van der Waals surface area (Å²) in [6, 6.07) is 11.9. The molecular formula is C14H13Cl2NS. The highest BCUT2D eigenvalue weighted by atomic mass is 35.5. The fourth-order valence-electron chi connectivity index (χ4n) is 1.62. The molecule has 0 aromatic heterocycles. The van der Waals surface area contributed by atoms with E-state index in [4.69, 9.17) is 28.9 Å². The average molecular weight is 298 g/mol. The van der Waals surface area contributed by atoms with Crippen LogP contribution in [0.2, 0.25) is 10.0 Å². The van der Waals surface area contributed by atoms with Crippen LogP contribution in [0.4, 0.5) is 0 Å². The van der Waals surface area contributed by atoms with E-state index in [1.807, 2.05) is 24.3 Å². The van der Waals surface area contributed by atoms with Gasteiger partial charge in [-0.3, -0.25) is 0 Å². The van der Waals surface area contributed by atoms with Crippen LogP contribution in [0.5, 0.6) is 0 Å². The summed E-state index contributed by atoms with van der Waals surface area (Å²) in [5.74, 6) is 0. The minimum absolute atomic E-state index is 0.568. The van der Waals surface area contributed by atoms with Gasteiger partial charge in [-0.2, -0.15) is 0 Å². The molecule has 0 heterocycles. The maximum atomic E-state index is 6.01. The van der Waals surface area contributed by atoms with Gasteiger partial charge in [0.2, 0.25) is 0 Å². The number of rotatable bonds is 3. The van der Waals surface area contributed by atoms with Crippen LogP contribution in [0.3, 0.4) is 0 Å². The summed E-state index contributed by atoms with van der Waals surface area (Å²) < 4.78 is 0. The highest BCUT2D eigenvalue weighted by molar-refractivity contribution is 7.99. The SMILES string of the molecule is Cc1cc(CN)ccc1Sc1ccc(Cl)c(Cl)c1. The number of aryl methyl sites for hydroxylation is 1. The smallest absolute Gasteiger partial charge is 0.0603 e. The Morgan fingerprint density at radius 3 is 2.44 bits per heavy atom. The first-order chi connectivity index (χ1) is 8.60. The Bertz CT molecular complexity index is 570. The van der Waals surface area contributed by atoms with Crippen LogP contribution in [0.1, 0.15) is 11.1 Å². The Morgan fingerprint density at radius 1 is 1.06 bits per heavy atom. The predicted molar refractivity (Wildman–Crippen MR) is 79.7 cm³/mol. The maximum absolute atomic E-state index is 6.01. The number of hydrogen-bond acceptors (Lipinski definition) is 2. The Balaban J connectivity index is 2.25. The lowest BCUT2D eigenvalue weighted by Crippen LogP contribution is -1.96. The molecule has 18 heavy (non-hydrogen) atoms. The predicted octanol–water partition coefficient (Wildman–Crippen LogP) is 4.91. The molecule has 2 N–H and O–H groups in total. The molecule has 0 saturated heterocycles.